The lowest BCUT2D eigenvalue weighted by Crippen LogP contribution is -2.30. The number of rotatable bonds is 6. The number of hydrogen-bond acceptors (Lipinski definition) is 5. The highest BCUT2D eigenvalue weighted by molar-refractivity contribution is 7.15. The van der Waals surface area contributed by atoms with Crippen molar-refractivity contribution in [1.82, 2.24) is 10.2 Å². The van der Waals surface area contributed by atoms with E-state index >= 15 is 0 Å². The number of carbonyl (C=O) groups is 1. The molecule has 2 aromatic carbocycles. The summed E-state index contributed by atoms with van der Waals surface area (Å²) in [6, 6.07) is 14.8. The highest BCUT2D eigenvalue weighted by Crippen LogP contribution is 2.28. The van der Waals surface area contributed by atoms with Gasteiger partial charge in [0.2, 0.25) is 5.13 Å². The van der Waals surface area contributed by atoms with E-state index in [1.54, 1.807) is 25.1 Å². The lowest BCUT2D eigenvalue weighted by Gasteiger charge is -2.14. The van der Waals surface area contributed by atoms with Crippen molar-refractivity contribution in [3.05, 3.63) is 69.1 Å². The van der Waals surface area contributed by atoms with Crippen molar-refractivity contribution in [1.29, 1.82) is 0 Å². The molecule has 0 aliphatic carbocycles. The molecule has 3 aromatic rings. The molecule has 5 nitrogen and oxygen atoms in total. The Balaban J connectivity index is 1.59. The van der Waals surface area contributed by atoms with Gasteiger partial charge in [0.25, 0.3) is 5.91 Å². The van der Waals surface area contributed by atoms with Crippen LogP contribution in [0.25, 0.3) is 0 Å². The van der Waals surface area contributed by atoms with Gasteiger partial charge in [0, 0.05) is 11.4 Å². The number of nitrogens with one attached hydrogen (secondary N) is 1. The van der Waals surface area contributed by atoms with Crippen LogP contribution in [0, 0.1) is 0 Å². The van der Waals surface area contributed by atoms with Crippen molar-refractivity contribution in [3.63, 3.8) is 0 Å². The van der Waals surface area contributed by atoms with Crippen LogP contribution in [0.2, 0.25) is 10.0 Å². The third-order valence-corrected chi connectivity index (χ3v) is 4.83. The van der Waals surface area contributed by atoms with Crippen LogP contribution in [-0.4, -0.2) is 22.2 Å². The summed E-state index contributed by atoms with van der Waals surface area (Å²) in [5, 5.41) is 12.9. The first-order valence-corrected chi connectivity index (χ1v) is 9.37. The van der Waals surface area contributed by atoms with E-state index < -0.39 is 6.10 Å². The summed E-state index contributed by atoms with van der Waals surface area (Å²) in [5.74, 6) is 0.0548. The fraction of sp³-hybridized carbons (Fsp3) is 0.167. The Labute approximate surface area is 164 Å². The number of hydrogen-bond donors (Lipinski definition) is 1. The smallest absolute Gasteiger partial charge is 0.266 e. The quantitative estimate of drug-likeness (QED) is 0.634. The van der Waals surface area contributed by atoms with Crippen molar-refractivity contribution in [2.24, 2.45) is 0 Å². The molecule has 1 amide bonds. The zero-order valence-electron chi connectivity index (χ0n) is 13.8. The predicted octanol–water partition coefficient (Wildman–Crippen LogP) is 4.84. The molecule has 0 radical (unpaired) electrons. The lowest BCUT2D eigenvalue weighted by molar-refractivity contribution is -0.122. The zero-order chi connectivity index (χ0) is 18.5. The van der Waals surface area contributed by atoms with Crippen molar-refractivity contribution < 1.29 is 9.53 Å². The van der Waals surface area contributed by atoms with Gasteiger partial charge < -0.3 is 4.74 Å². The number of ether oxygens (including phenoxy) is 1. The van der Waals surface area contributed by atoms with Gasteiger partial charge in [-0.25, -0.2) is 0 Å². The third-order valence-electron chi connectivity index (χ3n) is 3.46. The molecular formula is C18H15Cl2N3O2S. The number of amides is 1. The average Bonchev–Trinajstić information content (AvgIpc) is 3.05. The van der Waals surface area contributed by atoms with Crippen LogP contribution in [0.5, 0.6) is 5.75 Å². The second-order valence-corrected chi connectivity index (χ2v) is 7.39. The van der Waals surface area contributed by atoms with Crippen LogP contribution >= 0.6 is 34.5 Å². The molecule has 0 aliphatic rings. The molecule has 1 aromatic heterocycles. The highest BCUT2D eigenvalue weighted by atomic mass is 35.5. The Morgan fingerprint density at radius 3 is 2.69 bits per heavy atom. The summed E-state index contributed by atoms with van der Waals surface area (Å²) in [4.78, 5) is 12.3. The zero-order valence-corrected chi connectivity index (χ0v) is 16.1. The van der Waals surface area contributed by atoms with Crippen LogP contribution in [0.4, 0.5) is 5.13 Å². The molecule has 1 N–H and O–H groups in total. The molecule has 0 spiro atoms. The minimum absolute atomic E-state index is 0.335. The van der Waals surface area contributed by atoms with E-state index in [0.29, 0.717) is 27.3 Å². The van der Waals surface area contributed by atoms with Crippen molar-refractivity contribution >= 4 is 45.6 Å². The monoisotopic (exact) mass is 407 g/mol. The van der Waals surface area contributed by atoms with Gasteiger partial charge in [0.15, 0.2) is 6.10 Å². The van der Waals surface area contributed by atoms with Crippen LogP contribution in [0.1, 0.15) is 17.5 Å². The molecule has 1 unspecified atom stereocenters. The number of benzene rings is 2. The molecule has 1 atom stereocenters. The van der Waals surface area contributed by atoms with Crippen LogP contribution in [0.15, 0.2) is 48.5 Å². The van der Waals surface area contributed by atoms with E-state index in [9.17, 15) is 4.79 Å². The van der Waals surface area contributed by atoms with E-state index in [-0.39, 0.29) is 5.91 Å². The first kappa shape index (κ1) is 18.6. The number of anilines is 1. The van der Waals surface area contributed by atoms with E-state index in [0.717, 1.165) is 10.6 Å². The standard InChI is InChI=1S/C18H15Cl2N3O2S/c1-11(25-15-8-7-13(19)10-14(15)20)17(24)21-18-23-22-16(26-18)9-12-5-3-2-4-6-12/h2-8,10-11H,9H2,1H3,(H,21,23,24). The van der Waals surface area contributed by atoms with Gasteiger partial charge in [-0.15, -0.1) is 10.2 Å². The highest BCUT2D eigenvalue weighted by Gasteiger charge is 2.18. The minimum atomic E-state index is -0.754. The number of halogens is 2. The number of aromatic nitrogens is 2. The predicted molar refractivity (Wildman–Crippen MR) is 104 cm³/mol. The summed E-state index contributed by atoms with van der Waals surface area (Å²) in [6.07, 6.45) is -0.0870. The SMILES string of the molecule is CC(Oc1ccc(Cl)cc1Cl)C(=O)Nc1nnc(Cc2ccccc2)s1. The Bertz CT molecular complexity index is 902. The summed E-state index contributed by atoms with van der Waals surface area (Å²) in [5.41, 5.74) is 1.13. The molecule has 0 saturated heterocycles. The van der Waals surface area contributed by atoms with E-state index in [4.69, 9.17) is 27.9 Å². The molecule has 0 saturated carbocycles. The molecular weight excluding hydrogens is 393 g/mol. The topological polar surface area (TPSA) is 64.1 Å². The van der Waals surface area contributed by atoms with Gasteiger partial charge in [-0.05, 0) is 30.7 Å². The van der Waals surface area contributed by atoms with Gasteiger partial charge in [0.1, 0.15) is 10.8 Å². The van der Waals surface area contributed by atoms with Gasteiger partial charge in [-0.3, -0.25) is 10.1 Å². The third kappa shape index (κ3) is 4.94. The maximum Gasteiger partial charge on any atom is 0.266 e. The van der Waals surface area contributed by atoms with E-state index in [2.05, 4.69) is 15.5 Å². The van der Waals surface area contributed by atoms with Gasteiger partial charge in [-0.2, -0.15) is 0 Å². The second-order valence-electron chi connectivity index (χ2n) is 5.49. The molecule has 0 bridgehead atoms. The van der Waals surface area contributed by atoms with Gasteiger partial charge in [0.05, 0.1) is 5.02 Å². The Hall–Kier alpha value is -2.15. The Morgan fingerprint density at radius 2 is 1.96 bits per heavy atom. The molecule has 1 heterocycles. The first-order valence-electron chi connectivity index (χ1n) is 7.80. The Morgan fingerprint density at radius 1 is 1.19 bits per heavy atom. The molecule has 3 rings (SSSR count). The molecule has 0 fully saturated rings. The fourth-order valence-corrected chi connectivity index (χ4v) is 3.40. The molecule has 8 heteroatoms. The van der Waals surface area contributed by atoms with Crippen LogP contribution in [-0.2, 0) is 11.2 Å². The molecule has 26 heavy (non-hydrogen) atoms. The van der Waals surface area contributed by atoms with Crippen molar-refractivity contribution in [3.8, 4) is 5.75 Å². The fourth-order valence-electron chi connectivity index (χ4n) is 2.17. The number of nitrogens with zero attached hydrogens (tertiary/aromatic N) is 2. The van der Waals surface area contributed by atoms with Crippen molar-refractivity contribution in [2.45, 2.75) is 19.4 Å². The normalized spacial score (nSPS) is 11.8. The summed E-state index contributed by atoms with van der Waals surface area (Å²) < 4.78 is 5.59. The van der Waals surface area contributed by atoms with Gasteiger partial charge in [-0.1, -0.05) is 64.9 Å². The molecule has 134 valence electrons. The summed E-state index contributed by atoms with van der Waals surface area (Å²) in [6.45, 7) is 1.63. The average molecular weight is 408 g/mol. The lowest BCUT2D eigenvalue weighted by atomic mass is 10.2. The number of carbonyl (C=O) groups excluding carboxylic acids is 1. The Kier molecular flexibility index (Phi) is 6.08. The van der Waals surface area contributed by atoms with Gasteiger partial charge >= 0.3 is 0 Å². The van der Waals surface area contributed by atoms with Crippen molar-refractivity contribution in [2.75, 3.05) is 5.32 Å². The minimum Gasteiger partial charge on any atom is -0.479 e. The second kappa shape index (κ2) is 8.49. The largest absolute Gasteiger partial charge is 0.479 e. The molecule has 0 aliphatic heterocycles. The van der Waals surface area contributed by atoms with Crippen LogP contribution in [0.3, 0.4) is 0 Å². The summed E-state index contributed by atoms with van der Waals surface area (Å²) >= 11 is 13.2. The maximum absolute atomic E-state index is 12.3. The maximum atomic E-state index is 12.3. The van der Waals surface area contributed by atoms with E-state index in [1.165, 1.54) is 11.3 Å². The summed E-state index contributed by atoms with van der Waals surface area (Å²) in [7, 11) is 0. The van der Waals surface area contributed by atoms with Crippen LogP contribution < -0.4 is 10.1 Å². The van der Waals surface area contributed by atoms with E-state index in [1.807, 2.05) is 30.3 Å². The first-order chi connectivity index (χ1) is 12.5.